The van der Waals surface area contributed by atoms with Gasteiger partial charge >= 0.3 is 6.03 Å². The SMILES string of the molecule is CNC[C@H](CC1CCCCC1)NC(N)=O. The molecule has 1 saturated carbocycles. The summed E-state index contributed by atoms with van der Waals surface area (Å²) in [6, 6.07) is -0.221. The highest BCUT2D eigenvalue weighted by Gasteiger charge is 2.19. The molecule has 4 N–H and O–H groups in total. The normalized spacial score (nSPS) is 19.8. The van der Waals surface area contributed by atoms with E-state index in [-0.39, 0.29) is 6.04 Å². The van der Waals surface area contributed by atoms with Crippen LogP contribution in [0.4, 0.5) is 4.79 Å². The molecule has 0 radical (unpaired) electrons. The van der Waals surface area contributed by atoms with Crippen LogP contribution in [-0.4, -0.2) is 25.7 Å². The Labute approximate surface area is 92.0 Å². The van der Waals surface area contributed by atoms with Gasteiger partial charge < -0.3 is 16.4 Å². The van der Waals surface area contributed by atoms with Crippen molar-refractivity contribution in [1.82, 2.24) is 10.6 Å². The van der Waals surface area contributed by atoms with Crippen molar-refractivity contribution in [2.45, 2.75) is 44.6 Å². The first-order chi connectivity index (χ1) is 7.22. The smallest absolute Gasteiger partial charge is 0.312 e. The molecule has 0 aromatic carbocycles. The van der Waals surface area contributed by atoms with Gasteiger partial charge in [-0.05, 0) is 19.4 Å². The molecule has 2 amide bonds. The Morgan fingerprint density at radius 1 is 1.40 bits per heavy atom. The van der Waals surface area contributed by atoms with Crippen molar-refractivity contribution >= 4 is 6.03 Å². The topological polar surface area (TPSA) is 67.2 Å². The first-order valence-corrected chi connectivity index (χ1v) is 5.93. The van der Waals surface area contributed by atoms with Gasteiger partial charge in [-0.15, -0.1) is 0 Å². The summed E-state index contributed by atoms with van der Waals surface area (Å²) in [5, 5.41) is 5.90. The Morgan fingerprint density at radius 3 is 2.60 bits per heavy atom. The zero-order valence-electron chi connectivity index (χ0n) is 9.59. The van der Waals surface area contributed by atoms with Gasteiger partial charge in [0, 0.05) is 12.6 Å². The average Bonchev–Trinajstić information content (AvgIpc) is 2.18. The lowest BCUT2D eigenvalue weighted by molar-refractivity contribution is 0.238. The summed E-state index contributed by atoms with van der Waals surface area (Å²) in [5.41, 5.74) is 5.15. The lowest BCUT2D eigenvalue weighted by Gasteiger charge is -2.26. The summed E-state index contributed by atoms with van der Waals surface area (Å²) in [4.78, 5) is 10.8. The molecule has 0 unspecified atom stereocenters. The van der Waals surface area contributed by atoms with E-state index in [1.807, 2.05) is 7.05 Å². The summed E-state index contributed by atoms with van der Waals surface area (Å²) in [6.07, 6.45) is 7.72. The first-order valence-electron chi connectivity index (χ1n) is 5.93. The minimum absolute atomic E-state index is 0.190. The van der Waals surface area contributed by atoms with Crippen LogP contribution in [0.3, 0.4) is 0 Å². The number of hydrogen-bond acceptors (Lipinski definition) is 2. The number of rotatable bonds is 5. The van der Waals surface area contributed by atoms with Gasteiger partial charge in [-0.2, -0.15) is 0 Å². The first kappa shape index (κ1) is 12.3. The highest BCUT2D eigenvalue weighted by Crippen LogP contribution is 2.27. The summed E-state index contributed by atoms with van der Waals surface area (Å²) in [5.74, 6) is 0.768. The summed E-state index contributed by atoms with van der Waals surface area (Å²) < 4.78 is 0. The molecule has 4 nitrogen and oxygen atoms in total. The van der Waals surface area contributed by atoms with Crippen molar-refractivity contribution in [2.75, 3.05) is 13.6 Å². The quantitative estimate of drug-likeness (QED) is 0.642. The molecule has 0 aliphatic heterocycles. The number of likely N-dealkylation sites (N-methyl/N-ethyl adjacent to an activating group) is 1. The maximum Gasteiger partial charge on any atom is 0.312 e. The number of nitrogens with two attached hydrogens (primary N) is 1. The molecule has 1 atom stereocenters. The van der Waals surface area contributed by atoms with Crippen molar-refractivity contribution in [3.63, 3.8) is 0 Å². The molecule has 0 aromatic heterocycles. The van der Waals surface area contributed by atoms with Crippen molar-refractivity contribution in [3.8, 4) is 0 Å². The molecule has 0 spiro atoms. The van der Waals surface area contributed by atoms with E-state index in [0.717, 1.165) is 18.9 Å². The fourth-order valence-corrected chi connectivity index (χ4v) is 2.47. The van der Waals surface area contributed by atoms with E-state index in [2.05, 4.69) is 10.6 Å². The Kier molecular flexibility index (Phi) is 5.47. The monoisotopic (exact) mass is 213 g/mol. The Hall–Kier alpha value is -0.770. The van der Waals surface area contributed by atoms with Gasteiger partial charge in [0.05, 0.1) is 0 Å². The van der Waals surface area contributed by atoms with Crippen LogP contribution in [0.2, 0.25) is 0 Å². The van der Waals surface area contributed by atoms with Crippen LogP contribution in [0, 0.1) is 5.92 Å². The molecule has 1 aliphatic carbocycles. The van der Waals surface area contributed by atoms with E-state index in [9.17, 15) is 4.79 Å². The maximum absolute atomic E-state index is 10.8. The highest BCUT2D eigenvalue weighted by molar-refractivity contribution is 5.71. The number of amides is 2. The Morgan fingerprint density at radius 2 is 2.07 bits per heavy atom. The lowest BCUT2D eigenvalue weighted by Crippen LogP contribution is -2.45. The van der Waals surface area contributed by atoms with Crippen LogP contribution in [0.5, 0.6) is 0 Å². The van der Waals surface area contributed by atoms with Crippen LogP contribution in [0.25, 0.3) is 0 Å². The second-order valence-electron chi connectivity index (χ2n) is 4.50. The Bertz CT molecular complexity index is 190. The number of urea groups is 1. The molecule has 1 fully saturated rings. The third kappa shape index (κ3) is 5.02. The zero-order chi connectivity index (χ0) is 11.1. The van der Waals surface area contributed by atoms with Crippen molar-refractivity contribution < 1.29 is 4.79 Å². The average molecular weight is 213 g/mol. The van der Waals surface area contributed by atoms with Gasteiger partial charge in [-0.25, -0.2) is 4.79 Å². The fourth-order valence-electron chi connectivity index (χ4n) is 2.47. The predicted octanol–water partition coefficient (Wildman–Crippen LogP) is 1.21. The molecule has 0 heterocycles. The van der Waals surface area contributed by atoms with Crippen LogP contribution in [0.1, 0.15) is 38.5 Å². The van der Waals surface area contributed by atoms with Crippen LogP contribution < -0.4 is 16.4 Å². The zero-order valence-corrected chi connectivity index (χ0v) is 9.59. The van der Waals surface area contributed by atoms with Gasteiger partial charge in [-0.1, -0.05) is 32.1 Å². The van der Waals surface area contributed by atoms with Gasteiger partial charge in [0.2, 0.25) is 0 Å². The van der Waals surface area contributed by atoms with Crippen LogP contribution in [-0.2, 0) is 0 Å². The van der Waals surface area contributed by atoms with E-state index in [1.165, 1.54) is 32.1 Å². The molecular formula is C11H23N3O. The fraction of sp³-hybridized carbons (Fsp3) is 0.909. The number of carbonyl (C=O) groups excluding carboxylic acids is 1. The molecule has 1 rings (SSSR count). The lowest BCUT2D eigenvalue weighted by atomic mass is 9.85. The van der Waals surface area contributed by atoms with Gasteiger partial charge in [0.1, 0.15) is 0 Å². The number of primary amides is 1. The van der Waals surface area contributed by atoms with Gasteiger partial charge in [0.25, 0.3) is 0 Å². The maximum atomic E-state index is 10.8. The number of hydrogen-bond donors (Lipinski definition) is 3. The minimum Gasteiger partial charge on any atom is -0.352 e. The largest absolute Gasteiger partial charge is 0.352 e. The van der Waals surface area contributed by atoms with Gasteiger partial charge in [-0.3, -0.25) is 0 Å². The van der Waals surface area contributed by atoms with Crippen molar-refractivity contribution in [2.24, 2.45) is 11.7 Å². The molecule has 4 heteroatoms. The van der Waals surface area contributed by atoms with Crippen LogP contribution >= 0.6 is 0 Å². The third-order valence-electron chi connectivity index (χ3n) is 3.14. The molecule has 0 bridgehead atoms. The van der Waals surface area contributed by atoms with E-state index >= 15 is 0 Å². The highest BCUT2D eigenvalue weighted by atomic mass is 16.2. The van der Waals surface area contributed by atoms with Crippen molar-refractivity contribution in [3.05, 3.63) is 0 Å². The third-order valence-corrected chi connectivity index (χ3v) is 3.14. The second-order valence-corrected chi connectivity index (χ2v) is 4.50. The van der Waals surface area contributed by atoms with Crippen molar-refractivity contribution in [1.29, 1.82) is 0 Å². The molecule has 0 saturated heterocycles. The summed E-state index contributed by atoms with van der Waals surface area (Å²) >= 11 is 0. The summed E-state index contributed by atoms with van der Waals surface area (Å²) in [6.45, 7) is 0.805. The number of nitrogens with one attached hydrogen (secondary N) is 2. The summed E-state index contributed by atoms with van der Waals surface area (Å²) in [7, 11) is 1.90. The predicted molar refractivity (Wildman–Crippen MR) is 61.6 cm³/mol. The molecule has 88 valence electrons. The molecule has 1 aliphatic rings. The van der Waals surface area contributed by atoms with Gasteiger partial charge in [0.15, 0.2) is 0 Å². The number of carbonyl (C=O) groups is 1. The van der Waals surface area contributed by atoms with E-state index in [1.54, 1.807) is 0 Å². The molecule has 15 heavy (non-hydrogen) atoms. The standard InChI is InChI=1S/C11H23N3O/c1-13-8-10(14-11(12)15)7-9-5-3-2-4-6-9/h9-10,13H,2-8H2,1H3,(H3,12,14,15)/t10-/m0/s1. The van der Waals surface area contributed by atoms with E-state index in [0.29, 0.717) is 0 Å². The minimum atomic E-state index is -0.411. The molecular weight excluding hydrogens is 190 g/mol. The van der Waals surface area contributed by atoms with E-state index in [4.69, 9.17) is 5.73 Å². The van der Waals surface area contributed by atoms with E-state index < -0.39 is 6.03 Å². The Balaban J connectivity index is 2.31. The van der Waals surface area contributed by atoms with Crippen LogP contribution in [0.15, 0.2) is 0 Å². The second kappa shape index (κ2) is 6.67. The molecule has 0 aromatic rings.